The number of methoxy groups -OCH3 is 1. The number of carbonyl (C=O) groups is 1. The van der Waals surface area contributed by atoms with Crippen molar-refractivity contribution in [3.05, 3.63) is 24.3 Å². The van der Waals surface area contributed by atoms with Gasteiger partial charge in [-0.05, 0) is 35.5 Å². The first-order chi connectivity index (χ1) is 10.1. The maximum atomic E-state index is 11.1. The van der Waals surface area contributed by atoms with Gasteiger partial charge in [0.25, 0.3) is 0 Å². The van der Waals surface area contributed by atoms with Crippen molar-refractivity contribution >= 4 is 27.4 Å². The third kappa shape index (κ3) is 2.23. The molecule has 0 aliphatic rings. The fourth-order valence-electron chi connectivity index (χ4n) is 2.04. The van der Waals surface area contributed by atoms with Crippen LogP contribution in [0.25, 0.3) is 20.8 Å². The van der Waals surface area contributed by atoms with Crippen molar-refractivity contribution < 1.29 is 14.6 Å². The predicted molar refractivity (Wildman–Crippen MR) is 77.5 cm³/mol. The molecule has 0 saturated heterocycles. The molecule has 3 rings (SSSR count). The van der Waals surface area contributed by atoms with Gasteiger partial charge < -0.3 is 9.84 Å². The normalized spacial score (nSPS) is 12.5. The molecule has 8 heteroatoms. The Balaban J connectivity index is 2.14. The van der Waals surface area contributed by atoms with E-state index in [-0.39, 0.29) is 0 Å². The van der Waals surface area contributed by atoms with Crippen LogP contribution in [0.5, 0.6) is 5.75 Å². The summed E-state index contributed by atoms with van der Waals surface area (Å²) >= 11 is 1.49. The number of carboxylic acids is 1. The van der Waals surface area contributed by atoms with Gasteiger partial charge in [0.15, 0.2) is 11.9 Å². The Hall–Kier alpha value is -2.48. The summed E-state index contributed by atoms with van der Waals surface area (Å²) in [6.45, 7) is 1.54. The molecule has 0 aliphatic carbocycles. The summed E-state index contributed by atoms with van der Waals surface area (Å²) in [5.74, 6) is 0.218. The number of tetrazole rings is 1. The van der Waals surface area contributed by atoms with E-state index in [1.807, 2.05) is 24.3 Å². The van der Waals surface area contributed by atoms with Gasteiger partial charge in [0.05, 0.1) is 12.0 Å². The molecule has 0 fully saturated rings. The lowest BCUT2D eigenvalue weighted by Crippen LogP contribution is -2.17. The van der Waals surface area contributed by atoms with Crippen molar-refractivity contribution in [2.45, 2.75) is 13.0 Å². The lowest BCUT2D eigenvalue weighted by molar-refractivity contribution is -0.140. The van der Waals surface area contributed by atoms with Crippen LogP contribution >= 0.6 is 11.3 Å². The highest BCUT2D eigenvalue weighted by atomic mass is 32.1. The second-order valence-electron chi connectivity index (χ2n) is 4.44. The molecule has 3 aromatic rings. The number of fused-ring (bicyclic) bond motifs is 1. The molecule has 7 nitrogen and oxygen atoms in total. The van der Waals surface area contributed by atoms with Gasteiger partial charge in [0.2, 0.25) is 0 Å². The highest BCUT2D eigenvalue weighted by Crippen LogP contribution is 2.37. The number of hydrogen-bond acceptors (Lipinski definition) is 6. The fourth-order valence-corrected chi connectivity index (χ4v) is 3.10. The molecule has 0 bridgehead atoms. The SMILES string of the molecule is COc1cccc2sc(-c3nnnn3C(C)C(=O)O)cc12. The quantitative estimate of drug-likeness (QED) is 0.794. The van der Waals surface area contributed by atoms with Crippen LogP contribution in [-0.4, -0.2) is 38.4 Å². The van der Waals surface area contributed by atoms with Gasteiger partial charge in [-0.25, -0.2) is 9.48 Å². The van der Waals surface area contributed by atoms with Gasteiger partial charge in [-0.1, -0.05) is 6.07 Å². The van der Waals surface area contributed by atoms with Crippen LogP contribution in [0, 0.1) is 0 Å². The van der Waals surface area contributed by atoms with Crippen LogP contribution in [0.15, 0.2) is 24.3 Å². The summed E-state index contributed by atoms with van der Waals surface area (Å²) in [5.41, 5.74) is 0. The molecule has 2 aromatic heterocycles. The highest BCUT2D eigenvalue weighted by molar-refractivity contribution is 7.22. The molecule has 1 unspecified atom stereocenters. The van der Waals surface area contributed by atoms with Crippen LogP contribution in [0.2, 0.25) is 0 Å². The van der Waals surface area contributed by atoms with Crippen LogP contribution in [0.4, 0.5) is 0 Å². The minimum Gasteiger partial charge on any atom is -0.496 e. The molecule has 1 aromatic carbocycles. The van der Waals surface area contributed by atoms with Crippen LogP contribution in [0.3, 0.4) is 0 Å². The second kappa shape index (κ2) is 5.13. The maximum absolute atomic E-state index is 11.1. The topological polar surface area (TPSA) is 90.1 Å². The van der Waals surface area contributed by atoms with E-state index in [0.29, 0.717) is 5.82 Å². The molecule has 21 heavy (non-hydrogen) atoms. The van der Waals surface area contributed by atoms with E-state index in [4.69, 9.17) is 9.84 Å². The first kappa shape index (κ1) is 13.5. The summed E-state index contributed by atoms with van der Waals surface area (Å²) in [5, 5.41) is 21.4. The average Bonchev–Trinajstić information content (AvgIpc) is 3.11. The predicted octanol–water partition coefficient (Wildman–Crippen LogP) is 2.21. The summed E-state index contributed by atoms with van der Waals surface area (Å²) in [7, 11) is 1.61. The van der Waals surface area contributed by atoms with E-state index in [1.165, 1.54) is 22.9 Å². The van der Waals surface area contributed by atoms with Crippen molar-refractivity contribution in [1.29, 1.82) is 0 Å². The number of rotatable bonds is 4. The maximum Gasteiger partial charge on any atom is 0.328 e. The molecule has 0 saturated carbocycles. The monoisotopic (exact) mass is 304 g/mol. The fraction of sp³-hybridized carbons (Fsp3) is 0.231. The summed E-state index contributed by atoms with van der Waals surface area (Å²) in [4.78, 5) is 11.9. The van der Waals surface area contributed by atoms with Crippen molar-refractivity contribution in [3.63, 3.8) is 0 Å². The van der Waals surface area contributed by atoms with Crippen molar-refractivity contribution in [2.75, 3.05) is 7.11 Å². The highest BCUT2D eigenvalue weighted by Gasteiger charge is 2.21. The van der Waals surface area contributed by atoms with Crippen molar-refractivity contribution in [2.24, 2.45) is 0 Å². The van der Waals surface area contributed by atoms with Crippen LogP contribution in [0.1, 0.15) is 13.0 Å². The Morgan fingerprint density at radius 2 is 2.29 bits per heavy atom. The van der Waals surface area contributed by atoms with E-state index in [1.54, 1.807) is 7.11 Å². The number of ether oxygens (including phenoxy) is 1. The Morgan fingerprint density at radius 1 is 1.48 bits per heavy atom. The summed E-state index contributed by atoms with van der Waals surface area (Å²) < 4.78 is 7.66. The Bertz CT molecular complexity index is 811. The molecule has 2 heterocycles. The van der Waals surface area contributed by atoms with Crippen LogP contribution in [-0.2, 0) is 4.79 Å². The summed E-state index contributed by atoms with van der Waals surface area (Å²) in [6, 6.07) is 6.84. The van der Waals surface area contributed by atoms with E-state index >= 15 is 0 Å². The van der Waals surface area contributed by atoms with Crippen molar-refractivity contribution in [1.82, 2.24) is 20.2 Å². The van der Waals surface area contributed by atoms with Crippen molar-refractivity contribution in [3.8, 4) is 16.5 Å². The molecule has 1 N–H and O–H groups in total. The number of thiophene rings is 1. The van der Waals surface area contributed by atoms with E-state index in [0.717, 1.165) is 20.7 Å². The number of hydrogen-bond donors (Lipinski definition) is 1. The van der Waals surface area contributed by atoms with E-state index < -0.39 is 12.0 Å². The van der Waals surface area contributed by atoms with Gasteiger partial charge in [-0.15, -0.1) is 16.4 Å². The first-order valence-corrected chi connectivity index (χ1v) is 7.01. The minimum absolute atomic E-state index is 0.438. The average molecular weight is 304 g/mol. The van der Waals surface area contributed by atoms with Gasteiger partial charge in [0, 0.05) is 10.1 Å². The van der Waals surface area contributed by atoms with E-state index in [2.05, 4.69) is 15.5 Å². The molecule has 0 amide bonds. The molecule has 108 valence electrons. The standard InChI is InChI=1S/C13H12N4O3S/c1-7(13(18)19)17-12(14-15-16-17)11-6-8-9(20-2)4-3-5-10(8)21-11/h3-7H,1-2H3,(H,18,19). The lowest BCUT2D eigenvalue weighted by Gasteiger charge is -2.06. The molecule has 0 spiro atoms. The third-order valence-corrected chi connectivity index (χ3v) is 4.28. The zero-order valence-electron chi connectivity index (χ0n) is 11.3. The molecular formula is C13H12N4O3S. The lowest BCUT2D eigenvalue weighted by atomic mass is 10.2. The Kier molecular flexibility index (Phi) is 3.30. The molecule has 0 radical (unpaired) electrons. The summed E-state index contributed by atoms with van der Waals surface area (Å²) in [6.07, 6.45) is 0. The number of aliphatic carboxylic acids is 1. The zero-order valence-corrected chi connectivity index (χ0v) is 12.2. The third-order valence-electron chi connectivity index (χ3n) is 3.18. The molecular weight excluding hydrogens is 292 g/mol. The molecule has 0 aliphatic heterocycles. The Morgan fingerprint density at radius 3 is 3.00 bits per heavy atom. The number of nitrogens with zero attached hydrogens (tertiary/aromatic N) is 4. The van der Waals surface area contributed by atoms with Gasteiger partial charge in [0.1, 0.15) is 5.75 Å². The van der Waals surface area contributed by atoms with Gasteiger partial charge in [-0.3, -0.25) is 0 Å². The number of benzene rings is 1. The largest absolute Gasteiger partial charge is 0.496 e. The zero-order chi connectivity index (χ0) is 15.0. The first-order valence-electron chi connectivity index (χ1n) is 6.19. The smallest absolute Gasteiger partial charge is 0.328 e. The minimum atomic E-state index is -0.984. The number of carboxylic acid groups (broad SMARTS) is 1. The van der Waals surface area contributed by atoms with Gasteiger partial charge in [-0.2, -0.15) is 0 Å². The van der Waals surface area contributed by atoms with E-state index in [9.17, 15) is 4.79 Å². The second-order valence-corrected chi connectivity index (χ2v) is 5.53. The number of aromatic nitrogens is 4. The van der Waals surface area contributed by atoms with Gasteiger partial charge >= 0.3 is 5.97 Å². The molecule has 1 atom stereocenters. The van der Waals surface area contributed by atoms with Crippen LogP contribution < -0.4 is 4.74 Å². The Labute approximate surface area is 123 Å².